The van der Waals surface area contributed by atoms with Crippen molar-refractivity contribution in [2.45, 2.75) is 38.0 Å². The molecule has 10 nitrogen and oxygen atoms in total. The number of nitrogens with one attached hydrogen (secondary N) is 1. The van der Waals surface area contributed by atoms with Gasteiger partial charge in [0.15, 0.2) is 0 Å². The number of carbonyl (C=O) groups is 2. The molecule has 5 rings (SSSR count). The number of fused-ring (bicyclic) bond motifs is 1. The maximum absolute atomic E-state index is 13.6. The van der Waals surface area contributed by atoms with E-state index in [1.165, 1.54) is 7.11 Å². The van der Waals surface area contributed by atoms with E-state index in [4.69, 9.17) is 4.74 Å². The molecule has 2 amide bonds. The first-order chi connectivity index (χ1) is 19.2. The second-order valence-corrected chi connectivity index (χ2v) is 11.0. The van der Waals surface area contributed by atoms with Crippen molar-refractivity contribution in [1.29, 1.82) is 0 Å². The van der Waals surface area contributed by atoms with E-state index in [0.29, 0.717) is 33.9 Å². The molecule has 40 heavy (non-hydrogen) atoms. The van der Waals surface area contributed by atoms with Gasteiger partial charge in [0.25, 0.3) is 0 Å². The van der Waals surface area contributed by atoms with E-state index in [-0.39, 0.29) is 30.4 Å². The van der Waals surface area contributed by atoms with Crippen LogP contribution in [-0.2, 0) is 9.59 Å². The number of amides is 2. The molecular weight excluding hydrogens is 576 g/mol. The number of carbonyl (C=O) groups excluding carboxylic acids is 2. The quantitative estimate of drug-likeness (QED) is 0.353. The predicted molar refractivity (Wildman–Crippen MR) is 156 cm³/mol. The van der Waals surface area contributed by atoms with Crippen molar-refractivity contribution in [3.8, 4) is 17.1 Å². The summed E-state index contributed by atoms with van der Waals surface area (Å²) in [7, 11) is 3.33. The van der Waals surface area contributed by atoms with Crippen molar-refractivity contribution in [2.24, 2.45) is 5.92 Å². The van der Waals surface area contributed by atoms with Crippen LogP contribution in [0.1, 0.15) is 25.3 Å². The molecule has 3 heterocycles. The molecule has 1 aliphatic carbocycles. The molecule has 208 valence electrons. The monoisotopic (exact) mass is 606 g/mol. The van der Waals surface area contributed by atoms with Crippen LogP contribution < -0.4 is 15.0 Å². The molecule has 0 radical (unpaired) electrons. The van der Waals surface area contributed by atoms with Crippen LogP contribution in [0, 0.1) is 5.92 Å². The second-order valence-electron chi connectivity index (χ2n) is 10.2. The Hall–Kier alpha value is -3.83. The van der Waals surface area contributed by atoms with Crippen LogP contribution >= 0.6 is 15.9 Å². The molecule has 0 bridgehead atoms. The van der Waals surface area contributed by atoms with E-state index in [1.807, 2.05) is 30.1 Å². The fourth-order valence-corrected chi connectivity index (χ4v) is 5.55. The predicted octanol–water partition coefficient (Wildman–Crippen LogP) is 3.77. The van der Waals surface area contributed by atoms with Crippen LogP contribution in [0.15, 0.2) is 60.0 Å². The SMILES string of the molecule is C=C(c1cc(-c2cnc(OC)nc2)ccc1N(C)CC(=O)N1C2C[C@@H]2C[C@H]1C(=O)Nc1cccc(Br)n1)C(C)O. The minimum absolute atomic E-state index is 0.0627. The molecule has 1 saturated carbocycles. The molecular formula is C29H31BrN6O4. The van der Waals surface area contributed by atoms with Gasteiger partial charge in [0.1, 0.15) is 16.5 Å². The fourth-order valence-electron chi connectivity index (χ4n) is 5.21. The summed E-state index contributed by atoms with van der Waals surface area (Å²) in [5.41, 5.74) is 3.58. The number of pyridine rings is 1. The number of anilines is 2. The Morgan fingerprint density at radius 3 is 2.65 bits per heavy atom. The van der Waals surface area contributed by atoms with Gasteiger partial charge < -0.3 is 25.0 Å². The standard InChI is InChI=1S/C29H31BrN6O4/c1-16(17(2)37)21-10-18(20-13-31-29(40-4)32-14-20)8-9-22(21)35(3)15-27(38)36-23-11-19(23)12-24(36)28(39)34-26-7-5-6-25(30)33-26/h5-10,13-14,17,19,23-24,37H,1,11-12,15H2,2-4H3,(H,33,34,39)/t17?,19-,23?,24+/m1/s1. The van der Waals surface area contributed by atoms with Gasteiger partial charge in [-0.15, -0.1) is 0 Å². The Bertz CT molecular complexity index is 1450. The van der Waals surface area contributed by atoms with Crippen molar-refractivity contribution >= 4 is 44.8 Å². The Kier molecular flexibility index (Phi) is 7.86. The van der Waals surface area contributed by atoms with Gasteiger partial charge in [-0.05, 0) is 77.0 Å². The number of piperidine rings is 1. The molecule has 4 atom stereocenters. The van der Waals surface area contributed by atoms with Crippen LogP contribution in [0.3, 0.4) is 0 Å². The first kappa shape index (κ1) is 27.7. The smallest absolute Gasteiger partial charge is 0.316 e. The number of benzene rings is 1. The Balaban J connectivity index is 1.35. The zero-order valence-electron chi connectivity index (χ0n) is 22.5. The minimum Gasteiger partial charge on any atom is -0.467 e. The van der Waals surface area contributed by atoms with Crippen LogP contribution in [0.4, 0.5) is 11.5 Å². The van der Waals surface area contributed by atoms with Crippen molar-refractivity contribution < 1.29 is 19.4 Å². The average molecular weight is 608 g/mol. The number of aliphatic hydroxyl groups is 1. The van der Waals surface area contributed by atoms with Gasteiger partial charge in [-0.3, -0.25) is 9.59 Å². The molecule has 2 fully saturated rings. The van der Waals surface area contributed by atoms with Crippen molar-refractivity contribution in [3.05, 3.63) is 65.5 Å². The molecule has 2 aromatic heterocycles. The summed E-state index contributed by atoms with van der Waals surface area (Å²) in [6, 6.07) is 10.8. The number of rotatable bonds is 9. The summed E-state index contributed by atoms with van der Waals surface area (Å²) in [4.78, 5) is 43.0. The largest absolute Gasteiger partial charge is 0.467 e. The summed E-state index contributed by atoms with van der Waals surface area (Å²) in [5, 5.41) is 13.2. The number of hydrogen-bond donors (Lipinski definition) is 2. The Morgan fingerprint density at radius 1 is 1.23 bits per heavy atom. The van der Waals surface area contributed by atoms with Crippen molar-refractivity contribution in [3.63, 3.8) is 0 Å². The van der Waals surface area contributed by atoms with E-state index in [9.17, 15) is 14.7 Å². The maximum atomic E-state index is 13.6. The van der Waals surface area contributed by atoms with Gasteiger partial charge in [-0.1, -0.05) is 18.7 Å². The lowest BCUT2D eigenvalue weighted by molar-refractivity contribution is -0.136. The highest BCUT2D eigenvalue weighted by Crippen LogP contribution is 2.48. The molecule has 3 aromatic rings. The van der Waals surface area contributed by atoms with Crippen molar-refractivity contribution in [1.82, 2.24) is 19.9 Å². The summed E-state index contributed by atoms with van der Waals surface area (Å²) < 4.78 is 5.67. The van der Waals surface area contributed by atoms with Crippen LogP contribution in [-0.4, -0.2) is 75.7 Å². The fraction of sp³-hybridized carbons (Fsp3) is 0.345. The van der Waals surface area contributed by atoms with E-state index in [0.717, 1.165) is 23.2 Å². The zero-order chi connectivity index (χ0) is 28.6. The van der Waals surface area contributed by atoms with Crippen LogP contribution in [0.25, 0.3) is 16.7 Å². The normalized spacial score (nSPS) is 19.9. The second kappa shape index (κ2) is 11.3. The number of methoxy groups -OCH3 is 1. The molecule has 1 saturated heterocycles. The van der Waals surface area contributed by atoms with Crippen molar-refractivity contribution in [2.75, 3.05) is 30.9 Å². The first-order valence-electron chi connectivity index (χ1n) is 13.0. The number of hydrogen-bond acceptors (Lipinski definition) is 8. The lowest BCUT2D eigenvalue weighted by atomic mass is 9.96. The number of aromatic nitrogens is 3. The molecule has 0 spiro atoms. The molecule has 1 aromatic carbocycles. The summed E-state index contributed by atoms with van der Waals surface area (Å²) in [5.74, 6) is 0.421. The lowest BCUT2D eigenvalue weighted by Gasteiger charge is -2.30. The van der Waals surface area contributed by atoms with E-state index < -0.39 is 12.1 Å². The number of nitrogens with zero attached hydrogens (tertiary/aromatic N) is 5. The van der Waals surface area contributed by atoms with Gasteiger partial charge in [-0.25, -0.2) is 15.0 Å². The van der Waals surface area contributed by atoms with Gasteiger partial charge in [0.2, 0.25) is 11.8 Å². The van der Waals surface area contributed by atoms with Gasteiger partial charge in [0.05, 0.1) is 19.8 Å². The minimum atomic E-state index is -0.796. The Morgan fingerprint density at radius 2 is 1.98 bits per heavy atom. The number of likely N-dealkylation sites (tertiary alicyclic amines) is 1. The highest BCUT2D eigenvalue weighted by atomic mass is 79.9. The van der Waals surface area contributed by atoms with Gasteiger partial charge in [0, 0.05) is 42.3 Å². The first-order valence-corrected chi connectivity index (χ1v) is 13.8. The van der Waals surface area contributed by atoms with Crippen LogP contribution in [0.5, 0.6) is 6.01 Å². The van der Waals surface area contributed by atoms with Gasteiger partial charge in [-0.2, -0.15) is 0 Å². The van der Waals surface area contributed by atoms with Crippen LogP contribution in [0.2, 0.25) is 0 Å². The summed E-state index contributed by atoms with van der Waals surface area (Å²) in [6.07, 6.45) is 4.09. The number of aliphatic hydroxyl groups excluding tert-OH is 1. The zero-order valence-corrected chi connectivity index (χ0v) is 24.1. The highest BCUT2D eigenvalue weighted by Gasteiger charge is 2.56. The third-order valence-electron chi connectivity index (χ3n) is 7.44. The average Bonchev–Trinajstić information content (AvgIpc) is 3.60. The highest BCUT2D eigenvalue weighted by molar-refractivity contribution is 9.10. The molecule has 2 N–H and O–H groups in total. The number of ether oxygens (including phenoxy) is 1. The third kappa shape index (κ3) is 5.71. The summed E-state index contributed by atoms with van der Waals surface area (Å²) in [6.45, 7) is 5.82. The lowest BCUT2D eigenvalue weighted by Crippen LogP contribution is -2.48. The maximum Gasteiger partial charge on any atom is 0.316 e. The van der Waals surface area contributed by atoms with E-state index >= 15 is 0 Å². The number of halogens is 1. The molecule has 2 unspecified atom stereocenters. The number of likely N-dealkylation sites (N-methyl/N-ethyl adjacent to an activating group) is 1. The third-order valence-corrected chi connectivity index (χ3v) is 7.88. The molecule has 1 aliphatic heterocycles. The van der Waals surface area contributed by atoms with E-state index in [1.54, 1.807) is 42.4 Å². The summed E-state index contributed by atoms with van der Waals surface area (Å²) >= 11 is 3.32. The Labute approximate surface area is 241 Å². The topological polar surface area (TPSA) is 121 Å². The van der Waals surface area contributed by atoms with Gasteiger partial charge >= 0.3 is 6.01 Å². The molecule has 11 heteroatoms. The van der Waals surface area contributed by atoms with E-state index in [2.05, 4.69) is 42.8 Å². The molecule has 2 aliphatic rings.